The summed E-state index contributed by atoms with van der Waals surface area (Å²) in [6.07, 6.45) is 0. The van der Waals surface area contributed by atoms with Crippen LogP contribution in [0.2, 0.25) is 0 Å². The Morgan fingerprint density at radius 3 is 1.57 bits per heavy atom. The van der Waals surface area contributed by atoms with Gasteiger partial charge in [0, 0.05) is 11.3 Å². The van der Waals surface area contributed by atoms with Crippen LogP contribution < -0.4 is 11.1 Å². The molecule has 0 aliphatic heterocycles. The fourth-order valence-corrected chi connectivity index (χ4v) is 6.24. The molecule has 0 saturated heterocycles. The van der Waals surface area contributed by atoms with Gasteiger partial charge in [0.1, 0.15) is 5.82 Å². The van der Waals surface area contributed by atoms with Crippen LogP contribution in [0, 0.1) is 0 Å². The molecule has 6 aromatic rings. The molecule has 0 spiro atoms. The van der Waals surface area contributed by atoms with Crippen molar-refractivity contribution >= 4 is 28.1 Å². The highest BCUT2D eigenvalue weighted by molar-refractivity contribution is 5.84. The number of anilines is 3. The first kappa shape index (κ1) is 33.5. The first-order chi connectivity index (χ1) is 22.6. The van der Waals surface area contributed by atoms with Gasteiger partial charge in [0.05, 0.1) is 28.1 Å². The Balaban J connectivity index is 0.000000194. The monoisotopic (exact) mass is 622 g/mol. The smallest absolute Gasteiger partial charge is 0.145 e. The number of para-hydroxylation sites is 6. The fourth-order valence-electron chi connectivity index (χ4n) is 6.24. The highest BCUT2D eigenvalue weighted by atomic mass is 15.1. The van der Waals surface area contributed by atoms with Crippen molar-refractivity contribution in [1.82, 2.24) is 9.55 Å². The minimum atomic E-state index is 0.434. The number of imidazole rings is 1. The normalized spacial score (nSPS) is 11.4. The lowest BCUT2D eigenvalue weighted by atomic mass is 9.92. The van der Waals surface area contributed by atoms with E-state index in [1.165, 1.54) is 33.6 Å². The molecular formula is C43H50N4. The molecule has 47 heavy (non-hydrogen) atoms. The van der Waals surface area contributed by atoms with Gasteiger partial charge in [0.25, 0.3) is 0 Å². The Hall–Kier alpha value is -4.83. The number of aromatic nitrogens is 2. The van der Waals surface area contributed by atoms with Gasteiger partial charge in [-0.15, -0.1) is 0 Å². The third kappa shape index (κ3) is 7.28. The molecule has 0 aliphatic carbocycles. The molecule has 0 aliphatic rings. The lowest BCUT2D eigenvalue weighted by Crippen LogP contribution is -2.08. The van der Waals surface area contributed by atoms with Crippen LogP contribution in [0.15, 0.2) is 115 Å². The number of fused-ring (bicyclic) bond motifs is 1. The van der Waals surface area contributed by atoms with E-state index in [1.54, 1.807) is 0 Å². The molecule has 3 N–H and O–H groups in total. The molecule has 4 nitrogen and oxygen atoms in total. The van der Waals surface area contributed by atoms with Gasteiger partial charge >= 0.3 is 0 Å². The molecule has 0 saturated carbocycles. The number of nitrogens with one attached hydrogen (secondary N) is 1. The number of rotatable bonds is 8. The molecule has 0 amide bonds. The Morgan fingerprint density at radius 2 is 1.02 bits per heavy atom. The average molecular weight is 623 g/mol. The van der Waals surface area contributed by atoms with Crippen LogP contribution in [0.1, 0.15) is 101 Å². The van der Waals surface area contributed by atoms with Crippen LogP contribution in [0.5, 0.6) is 0 Å². The number of benzene rings is 5. The zero-order valence-electron chi connectivity index (χ0n) is 29.3. The highest BCUT2D eigenvalue weighted by Gasteiger charge is 2.21. The highest BCUT2D eigenvalue weighted by Crippen LogP contribution is 2.38. The van der Waals surface area contributed by atoms with Crippen molar-refractivity contribution < 1.29 is 0 Å². The van der Waals surface area contributed by atoms with Crippen molar-refractivity contribution in [2.24, 2.45) is 0 Å². The van der Waals surface area contributed by atoms with Crippen LogP contribution in [0.25, 0.3) is 28.1 Å². The second-order valence-corrected chi connectivity index (χ2v) is 13.6. The maximum atomic E-state index is 6.06. The molecule has 5 aromatic carbocycles. The van der Waals surface area contributed by atoms with Crippen LogP contribution >= 0.6 is 0 Å². The maximum Gasteiger partial charge on any atom is 0.145 e. The number of hydrogen-bond acceptors (Lipinski definition) is 3. The summed E-state index contributed by atoms with van der Waals surface area (Å²) in [6, 6.07) is 40.1. The summed E-state index contributed by atoms with van der Waals surface area (Å²) in [5.74, 6) is 2.82. The molecule has 1 heterocycles. The lowest BCUT2D eigenvalue weighted by Gasteiger charge is -2.22. The van der Waals surface area contributed by atoms with Gasteiger partial charge in [-0.25, -0.2) is 4.98 Å². The van der Waals surface area contributed by atoms with E-state index < -0.39 is 0 Å². The topological polar surface area (TPSA) is 55.9 Å². The molecule has 4 heteroatoms. The first-order valence-electron chi connectivity index (χ1n) is 17.0. The van der Waals surface area contributed by atoms with Crippen LogP contribution in [-0.2, 0) is 0 Å². The standard InChI is InChI=1S/C25H26N2.C18H24N2/c1-17(2)20-13-10-14-21(18(3)4)24(20)27-23-16-9-8-15-22(23)26-25(27)19-11-6-5-7-12-19;1-12(2)14-8-7-9-15(13(3)4)18(14)20-17-11-6-5-10-16(17)19/h5-18H,1-4H3;5-13,20H,19H2,1-4H3. The zero-order chi connectivity index (χ0) is 33.7. The Bertz CT molecular complexity index is 1880. The molecule has 242 valence electrons. The van der Waals surface area contributed by atoms with E-state index in [-0.39, 0.29) is 0 Å². The molecule has 0 bridgehead atoms. The Labute approximate surface area is 281 Å². The van der Waals surface area contributed by atoms with Crippen molar-refractivity contribution in [2.75, 3.05) is 11.1 Å². The molecule has 0 unspecified atom stereocenters. The van der Waals surface area contributed by atoms with Gasteiger partial charge in [-0.2, -0.15) is 0 Å². The lowest BCUT2D eigenvalue weighted by molar-refractivity contribution is 0.811. The molecule has 0 fully saturated rings. The van der Waals surface area contributed by atoms with Crippen LogP contribution in [0.4, 0.5) is 17.1 Å². The Kier molecular flexibility index (Phi) is 10.5. The van der Waals surface area contributed by atoms with Crippen LogP contribution in [-0.4, -0.2) is 9.55 Å². The summed E-state index contributed by atoms with van der Waals surface area (Å²) < 4.78 is 2.37. The maximum absolute atomic E-state index is 6.06. The van der Waals surface area contributed by atoms with E-state index >= 15 is 0 Å². The van der Waals surface area contributed by atoms with Gasteiger partial charge in [0.15, 0.2) is 0 Å². The second-order valence-electron chi connectivity index (χ2n) is 13.6. The van der Waals surface area contributed by atoms with Gasteiger partial charge in [-0.1, -0.05) is 146 Å². The van der Waals surface area contributed by atoms with E-state index in [0.717, 1.165) is 33.8 Å². The third-order valence-electron chi connectivity index (χ3n) is 8.75. The summed E-state index contributed by atoms with van der Waals surface area (Å²) >= 11 is 0. The third-order valence-corrected chi connectivity index (χ3v) is 8.75. The molecule has 0 atom stereocenters. The van der Waals surface area contributed by atoms with Gasteiger partial charge in [0.2, 0.25) is 0 Å². The predicted molar refractivity (Wildman–Crippen MR) is 203 cm³/mol. The fraction of sp³-hybridized carbons (Fsp3) is 0.279. The summed E-state index contributed by atoms with van der Waals surface area (Å²) in [5.41, 5.74) is 19.0. The summed E-state index contributed by atoms with van der Waals surface area (Å²) in [5, 5.41) is 3.55. The average Bonchev–Trinajstić information content (AvgIpc) is 3.45. The first-order valence-corrected chi connectivity index (χ1v) is 17.0. The van der Waals surface area contributed by atoms with Crippen molar-refractivity contribution in [3.63, 3.8) is 0 Å². The molecule has 1 aromatic heterocycles. The van der Waals surface area contributed by atoms with E-state index in [0.29, 0.717) is 23.7 Å². The number of nitrogens with two attached hydrogens (primary N) is 1. The van der Waals surface area contributed by atoms with Crippen molar-refractivity contribution in [2.45, 2.75) is 79.1 Å². The quantitative estimate of drug-likeness (QED) is 0.166. The largest absolute Gasteiger partial charge is 0.397 e. The number of nitrogens with zero attached hydrogens (tertiary/aromatic N) is 2. The van der Waals surface area contributed by atoms with Crippen molar-refractivity contribution in [1.29, 1.82) is 0 Å². The van der Waals surface area contributed by atoms with Crippen molar-refractivity contribution in [3.05, 3.63) is 138 Å². The summed E-state index contributed by atoms with van der Waals surface area (Å²) in [6.45, 7) is 18.0. The van der Waals surface area contributed by atoms with E-state index in [1.807, 2.05) is 24.3 Å². The SMILES string of the molecule is CC(C)c1cccc(C(C)C)c1-n1c(-c2ccccc2)nc2ccccc21.CC(C)c1cccc(C(C)C)c1Nc1ccccc1N. The molecule has 0 radical (unpaired) electrons. The minimum Gasteiger partial charge on any atom is -0.397 e. The van der Waals surface area contributed by atoms with Gasteiger partial charge in [-0.05, 0) is 70.2 Å². The molecule has 6 rings (SSSR count). The van der Waals surface area contributed by atoms with Gasteiger partial charge in [-0.3, -0.25) is 4.57 Å². The van der Waals surface area contributed by atoms with E-state index in [2.05, 4.69) is 156 Å². The van der Waals surface area contributed by atoms with Crippen molar-refractivity contribution in [3.8, 4) is 17.1 Å². The van der Waals surface area contributed by atoms with E-state index in [4.69, 9.17) is 10.7 Å². The summed E-state index contributed by atoms with van der Waals surface area (Å²) in [7, 11) is 0. The number of hydrogen-bond donors (Lipinski definition) is 2. The number of nitrogen functional groups attached to an aromatic ring is 1. The van der Waals surface area contributed by atoms with Crippen LogP contribution in [0.3, 0.4) is 0 Å². The predicted octanol–water partition coefficient (Wildman–Crippen LogP) is 12.2. The Morgan fingerprint density at radius 1 is 0.532 bits per heavy atom. The minimum absolute atomic E-state index is 0.434. The second kappa shape index (κ2) is 14.7. The summed E-state index contributed by atoms with van der Waals surface area (Å²) in [4.78, 5) is 5.02. The molecular weight excluding hydrogens is 573 g/mol. The van der Waals surface area contributed by atoms with E-state index in [9.17, 15) is 0 Å². The zero-order valence-corrected chi connectivity index (χ0v) is 29.3. The van der Waals surface area contributed by atoms with Gasteiger partial charge < -0.3 is 11.1 Å².